The van der Waals surface area contributed by atoms with Gasteiger partial charge >= 0.3 is 0 Å². The number of nitrogen functional groups attached to an aromatic ring is 1. The molecule has 0 fully saturated rings. The summed E-state index contributed by atoms with van der Waals surface area (Å²) in [4.78, 5) is 4.31. The first-order chi connectivity index (χ1) is 8.25. The molecular formula is C14H15N3. The molecule has 0 aliphatic rings. The first-order valence-corrected chi connectivity index (χ1v) is 5.45. The Hall–Kier alpha value is -2.13. The van der Waals surface area contributed by atoms with Crippen molar-refractivity contribution in [2.45, 2.75) is 6.17 Å². The fourth-order valence-corrected chi connectivity index (χ4v) is 1.48. The summed E-state index contributed by atoms with van der Waals surface area (Å²) < 4.78 is 0. The third-order valence-corrected chi connectivity index (χ3v) is 2.46. The van der Waals surface area contributed by atoms with Crippen LogP contribution in [0.1, 0.15) is 17.3 Å². The standard InChI is InChI=1S/C14H15N3/c15-13-8-6-11(7-9-13)10-17-14(16)12-4-2-1-3-5-12/h1-10,14H,15-16H2/b17-10+. The van der Waals surface area contributed by atoms with Gasteiger partial charge in [0.25, 0.3) is 0 Å². The van der Waals surface area contributed by atoms with Gasteiger partial charge in [-0.25, -0.2) is 0 Å². The lowest BCUT2D eigenvalue weighted by Gasteiger charge is -2.05. The minimum absolute atomic E-state index is 0.325. The topological polar surface area (TPSA) is 64.4 Å². The first-order valence-electron chi connectivity index (χ1n) is 5.45. The van der Waals surface area contributed by atoms with Gasteiger partial charge in [0.2, 0.25) is 0 Å². The summed E-state index contributed by atoms with van der Waals surface area (Å²) >= 11 is 0. The average Bonchev–Trinajstić information content (AvgIpc) is 2.39. The normalized spacial score (nSPS) is 12.8. The molecule has 2 aromatic rings. The van der Waals surface area contributed by atoms with Gasteiger partial charge in [-0.1, -0.05) is 42.5 Å². The van der Waals surface area contributed by atoms with Crippen molar-refractivity contribution in [2.75, 3.05) is 5.73 Å². The van der Waals surface area contributed by atoms with E-state index >= 15 is 0 Å². The summed E-state index contributed by atoms with van der Waals surface area (Å²) in [7, 11) is 0. The largest absolute Gasteiger partial charge is 0.399 e. The van der Waals surface area contributed by atoms with Crippen molar-refractivity contribution >= 4 is 11.9 Å². The predicted octanol–water partition coefficient (Wildman–Crippen LogP) is 2.35. The SMILES string of the molecule is Nc1ccc(/C=N/C(N)c2ccccc2)cc1. The summed E-state index contributed by atoms with van der Waals surface area (Å²) in [6.07, 6.45) is 1.44. The van der Waals surface area contributed by atoms with Crippen LogP contribution in [-0.2, 0) is 0 Å². The summed E-state index contributed by atoms with van der Waals surface area (Å²) in [5.41, 5.74) is 14.3. The zero-order valence-electron chi connectivity index (χ0n) is 9.45. The fourth-order valence-electron chi connectivity index (χ4n) is 1.48. The minimum Gasteiger partial charge on any atom is -0.399 e. The molecule has 2 rings (SSSR count). The van der Waals surface area contributed by atoms with Gasteiger partial charge in [-0.3, -0.25) is 4.99 Å². The van der Waals surface area contributed by atoms with Crippen LogP contribution in [0.5, 0.6) is 0 Å². The predicted molar refractivity (Wildman–Crippen MR) is 71.8 cm³/mol. The van der Waals surface area contributed by atoms with E-state index < -0.39 is 0 Å². The maximum absolute atomic E-state index is 5.95. The number of benzene rings is 2. The minimum atomic E-state index is -0.325. The number of anilines is 1. The summed E-state index contributed by atoms with van der Waals surface area (Å²) in [6.45, 7) is 0. The second-order valence-electron chi connectivity index (χ2n) is 3.80. The Morgan fingerprint density at radius 2 is 1.59 bits per heavy atom. The van der Waals surface area contributed by atoms with Crippen LogP contribution in [0.4, 0.5) is 5.69 Å². The maximum atomic E-state index is 5.95. The van der Waals surface area contributed by atoms with Crippen LogP contribution in [0.2, 0.25) is 0 Å². The highest BCUT2D eigenvalue weighted by atomic mass is 14.9. The van der Waals surface area contributed by atoms with Gasteiger partial charge < -0.3 is 11.5 Å². The van der Waals surface area contributed by atoms with Crippen LogP contribution in [0.15, 0.2) is 59.6 Å². The van der Waals surface area contributed by atoms with Crippen LogP contribution in [-0.4, -0.2) is 6.21 Å². The summed E-state index contributed by atoms with van der Waals surface area (Å²) in [5.74, 6) is 0. The number of nitrogens with two attached hydrogens (primary N) is 2. The fraction of sp³-hybridized carbons (Fsp3) is 0.0714. The zero-order chi connectivity index (χ0) is 12.1. The Balaban J connectivity index is 2.08. The molecule has 2 aromatic carbocycles. The number of hydrogen-bond donors (Lipinski definition) is 2. The van der Waals surface area contributed by atoms with Crippen LogP contribution < -0.4 is 11.5 Å². The van der Waals surface area contributed by atoms with Crippen LogP contribution >= 0.6 is 0 Å². The first kappa shape index (κ1) is 11.4. The number of rotatable bonds is 3. The highest BCUT2D eigenvalue weighted by Gasteiger charge is 2.00. The van der Waals surface area contributed by atoms with Crippen molar-refractivity contribution < 1.29 is 0 Å². The summed E-state index contributed by atoms with van der Waals surface area (Å²) in [5, 5.41) is 0. The molecule has 0 bridgehead atoms. The molecule has 0 saturated heterocycles. The van der Waals surface area contributed by atoms with Gasteiger partial charge in [-0.2, -0.15) is 0 Å². The van der Waals surface area contributed by atoms with Gasteiger partial charge in [0.15, 0.2) is 0 Å². The monoisotopic (exact) mass is 225 g/mol. The van der Waals surface area contributed by atoms with Gasteiger partial charge in [-0.15, -0.1) is 0 Å². The molecule has 0 aliphatic heterocycles. The Bertz CT molecular complexity index is 489. The Morgan fingerprint density at radius 3 is 2.24 bits per heavy atom. The Morgan fingerprint density at radius 1 is 0.941 bits per heavy atom. The van der Waals surface area contributed by atoms with E-state index in [2.05, 4.69) is 4.99 Å². The molecule has 1 unspecified atom stereocenters. The Labute approximate surface area is 101 Å². The molecular weight excluding hydrogens is 210 g/mol. The highest BCUT2D eigenvalue weighted by molar-refractivity contribution is 5.80. The average molecular weight is 225 g/mol. The quantitative estimate of drug-likeness (QED) is 0.622. The van der Waals surface area contributed by atoms with Gasteiger partial charge in [0.05, 0.1) is 0 Å². The molecule has 3 heteroatoms. The van der Waals surface area contributed by atoms with Crippen molar-refractivity contribution in [1.29, 1.82) is 0 Å². The molecule has 0 saturated carbocycles. The van der Waals surface area contributed by atoms with E-state index in [0.29, 0.717) is 0 Å². The zero-order valence-corrected chi connectivity index (χ0v) is 9.45. The van der Waals surface area contributed by atoms with E-state index in [1.165, 1.54) is 0 Å². The molecule has 86 valence electrons. The number of nitrogens with zero attached hydrogens (tertiary/aromatic N) is 1. The maximum Gasteiger partial charge on any atom is 0.123 e. The van der Waals surface area contributed by atoms with E-state index in [1.807, 2.05) is 54.6 Å². The molecule has 17 heavy (non-hydrogen) atoms. The second-order valence-corrected chi connectivity index (χ2v) is 3.80. The van der Waals surface area contributed by atoms with Crippen molar-refractivity contribution in [3.8, 4) is 0 Å². The van der Waals surface area contributed by atoms with E-state index in [1.54, 1.807) is 6.21 Å². The second kappa shape index (κ2) is 5.27. The van der Waals surface area contributed by atoms with Gasteiger partial charge in [-0.05, 0) is 23.3 Å². The molecule has 0 heterocycles. The molecule has 1 atom stereocenters. The van der Waals surface area contributed by atoms with Crippen molar-refractivity contribution in [3.05, 3.63) is 65.7 Å². The van der Waals surface area contributed by atoms with Crippen molar-refractivity contribution in [1.82, 2.24) is 0 Å². The third-order valence-electron chi connectivity index (χ3n) is 2.46. The molecule has 0 aromatic heterocycles. The van der Waals surface area contributed by atoms with Gasteiger partial charge in [0, 0.05) is 11.9 Å². The van der Waals surface area contributed by atoms with Crippen molar-refractivity contribution in [2.24, 2.45) is 10.7 Å². The van der Waals surface area contributed by atoms with Crippen LogP contribution in [0, 0.1) is 0 Å². The summed E-state index contributed by atoms with van der Waals surface area (Å²) in [6, 6.07) is 17.3. The molecule has 0 aliphatic carbocycles. The molecule has 4 N–H and O–H groups in total. The third kappa shape index (κ3) is 3.16. The Kier molecular flexibility index (Phi) is 3.52. The molecule has 3 nitrogen and oxygen atoms in total. The van der Waals surface area contributed by atoms with Crippen molar-refractivity contribution in [3.63, 3.8) is 0 Å². The smallest absolute Gasteiger partial charge is 0.123 e. The lowest BCUT2D eigenvalue weighted by molar-refractivity contribution is 0.780. The lowest BCUT2D eigenvalue weighted by atomic mass is 10.2. The highest BCUT2D eigenvalue weighted by Crippen LogP contribution is 2.11. The van der Waals surface area contributed by atoms with E-state index in [-0.39, 0.29) is 6.17 Å². The molecule has 0 amide bonds. The lowest BCUT2D eigenvalue weighted by Crippen LogP contribution is -2.07. The van der Waals surface area contributed by atoms with Crippen LogP contribution in [0.25, 0.3) is 0 Å². The molecule has 0 radical (unpaired) electrons. The molecule has 0 spiro atoms. The van der Waals surface area contributed by atoms with Crippen LogP contribution in [0.3, 0.4) is 0 Å². The van der Waals surface area contributed by atoms with Gasteiger partial charge in [0.1, 0.15) is 6.17 Å². The van der Waals surface area contributed by atoms with E-state index in [9.17, 15) is 0 Å². The van der Waals surface area contributed by atoms with E-state index in [0.717, 1.165) is 16.8 Å². The number of aliphatic imine (C=N–C) groups is 1. The number of hydrogen-bond acceptors (Lipinski definition) is 3. The van der Waals surface area contributed by atoms with E-state index in [4.69, 9.17) is 11.5 Å².